The van der Waals surface area contributed by atoms with Crippen molar-refractivity contribution in [2.75, 3.05) is 24.9 Å². The van der Waals surface area contributed by atoms with Crippen LogP contribution in [0.1, 0.15) is 56.5 Å². The molecule has 5 rings (SSSR count). The van der Waals surface area contributed by atoms with Crippen molar-refractivity contribution in [3.05, 3.63) is 112 Å². The Morgan fingerprint density at radius 1 is 0.894 bits per heavy atom. The number of thioether (sulfide) groups is 1. The fourth-order valence-electron chi connectivity index (χ4n) is 5.13. The van der Waals surface area contributed by atoms with E-state index in [0.717, 1.165) is 41.0 Å². The molecule has 0 spiro atoms. The number of anilines is 2. The van der Waals surface area contributed by atoms with Crippen LogP contribution in [0.2, 0.25) is 0 Å². The molecule has 9 nitrogen and oxygen atoms in total. The lowest BCUT2D eigenvalue weighted by molar-refractivity contribution is -0.115. The molecule has 3 N–H and O–H groups in total. The van der Waals surface area contributed by atoms with Gasteiger partial charge in [-0.1, -0.05) is 36.4 Å². The largest absolute Gasteiger partial charge is 0.497 e. The standard InChI is InChI=1S/C36H35N3O6S2/c1-22(32(40)39-35-31(36(43)45-3)28-17-7-8-18-30(28)47-35)46-27-16-10-14-25(21-27)37-34(42)29(20-23-11-9-15-26(19-23)44-2)38-33(41)24-12-5-4-6-13-24/h4-6,9-16,19-22H,7-8,17-18H2,1-3H3,(H,37,42)(H,38,41)(H,39,40)/b29-20-. The minimum absolute atomic E-state index is 0.0398. The van der Waals surface area contributed by atoms with E-state index in [2.05, 4.69) is 16.0 Å². The van der Waals surface area contributed by atoms with E-state index < -0.39 is 23.0 Å². The van der Waals surface area contributed by atoms with Crippen molar-refractivity contribution < 1.29 is 28.7 Å². The fraction of sp³-hybridized carbons (Fsp3) is 0.222. The number of rotatable bonds is 11. The van der Waals surface area contributed by atoms with E-state index in [1.165, 1.54) is 30.2 Å². The van der Waals surface area contributed by atoms with Crippen LogP contribution in [-0.4, -0.2) is 43.2 Å². The van der Waals surface area contributed by atoms with Crippen LogP contribution in [0.4, 0.5) is 10.7 Å². The molecule has 242 valence electrons. The molecule has 47 heavy (non-hydrogen) atoms. The number of carbonyl (C=O) groups excluding carboxylic acids is 4. The second kappa shape index (κ2) is 15.6. The van der Waals surface area contributed by atoms with Gasteiger partial charge in [0.05, 0.1) is 25.0 Å². The predicted octanol–water partition coefficient (Wildman–Crippen LogP) is 6.95. The minimum Gasteiger partial charge on any atom is -0.497 e. The molecule has 0 aliphatic heterocycles. The number of hydrogen-bond acceptors (Lipinski definition) is 8. The maximum Gasteiger partial charge on any atom is 0.341 e. The van der Waals surface area contributed by atoms with Crippen LogP contribution in [0.5, 0.6) is 5.75 Å². The van der Waals surface area contributed by atoms with Crippen LogP contribution in [0.15, 0.2) is 89.5 Å². The van der Waals surface area contributed by atoms with Crippen molar-refractivity contribution in [1.82, 2.24) is 5.32 Å². The van der Waals surface area contributed by atoms with Crippen LogP contribution < -0.4 is 20.7 Å². The molecule has 1 aliphatic rings. The molecule has 1 aliphatic carbocycles. The van der Waals surface area contributed by atoms with Gasteiger partial charge in [0.15, 0.2) is 0 Å². The highest BCUT2D eigenvalue weighted by Crippen LogP contribution is 2.39. The van der Waals surface area contributed by atoms with E-state index in [9.17, 15) is 19.2 Å². The van der Waals surface area contributed by atoms with Gasteiger partial charge in [0.25, 0.3) is 11.8 Å². The molecule has 1 aromatic heterocycles. The second-order valence-corrected chi connectivity index (χ2v) is 13.3. The number of methoxy groups -OCH3 is 2. The third-order valence-electron chi connectivity index (χ3n) is 7.51. The van der Waals surface area contributed by atoms with Crippen molar-refractivity contribution in [3.63, 3.8) is 0 Å². The van der Waals surface area contributed by atoms with Crippen molar-refractivity contribution in [3.8, 4) is 5.75 Å². The van der Waals surface area contributed by atoms with Gasteiger partial charge in [-0.15, -0.1) is 23.1 Å². The average molecular weight is 670 g/mol. The lowest BCUT2D eigenvalue weighted by atomic mass is 9.95. The quantitative estimate of drug-likeness (QED) is 0.0898. The number of nitrogens with one attached hydrogen (secondary N) is 3. The summed E-state index contributed by atoms with van der Waals surface area (Å²) < 4.78 is 10.3. The Morgan fingerprint density at radius 3 is 2.43 bits per heavy atom. The molecule has 1 unspecified atom stereocenters. The number of aryl methyl sites for hydroxylation is 1. The van der Waals surface area contributed by atoms with E-state index >= 15 is 0 Å². The summed E-state index contributed by atoms with van der Waals surface area (Å²) >= 11 is 2.76. The molecule has 0 radical (unpaired) electrons. The maximum absolute atomic E-state index is 13.5. The van der Waals surface area contributed by atoms with Crippen LogP contribution in [0.3, 0.4) is 0 Å². The van der Waals surface area contributed by atoms with Gasteiger partial charge in [-0.05, 0) is 92.3 Å². The van der Waals surface area contributed by atoms with E-state index in [0.29, 0.717) is 33.1 Å². The number of ether oxygens (including phenoxy) is 2. The highest BCUT2D eigenvalue weighted by atomic mass is 32.2. The summed E-state index contributed by atoms with van der Waals surface area (Å²) in [5, 5.41) is 8.57. The van der Waals surface area contributed by atoms with Gasteiger partial charge >= 0.3 is 5.97 Å². The number of fused-ring (bicyclic) bond motifs is 1. The van der Waals surface area contributed by atoms with Crippen LogP contribution in [0.25, 0.3) is 6.08 Å². The second-order valence-electron chi connectivity index (χ2n) is 10.8. The number of carbonyl (C=O) groups is 4. The highest BCUT2D eigenvalue weighted by molar-refractivity contribution is 8.00. The van der Waals surface area contributed by atoms with Gasteiger partial charge in [-0.25, -0.2) is 4.79 Å². The molecule has 0 bridgehead atoms. The first-order chi connectivity index (χ1) is 22.7. The van der Waals surface area contributed by atoms with E-state index in [1.807, 2.05) is 6.07 Å². The Hall–Kier alpha value is -4.87. The van der Waals surface area contributed by atoms with Gasteiger partial charge in [-0.2, -0.15) is 0 Å². The lowest BCUT2D eigenvalue weighted by Crippen LogP contribution is -2.30. The summed E-state index contributed by atoms with van der Waals surface area (Å²) in [6.07, 6.45) is 5.31. The Bertz CT molecular complexity index is 1820. The smallest absolute Gasteiger partial charge is 0.341 e. The molecule has 11 heteroatoms. The first kappa shape index (κ1) is 33.5. The number of hydrogen-bond donors (Lipinski definition) is 3. The molecule has 0 fully saturated rings. The summed E-state index contributed by atoms with van der Waals surface area (Å²) in [5.41, 5.74) is 3.03. The Morgan fingerprint density at radius 2 is 1.66 bits per heavy atom. The monoisotopic (exact) mass is 669 g/mol. The van der Waals surface area contributed by atoms with Gasteiger partial charge < -0.3 is 25.4 Å². The van der Waals surface area contributed by atoms with Crippen molar-refractivity contribution >= 4 is 63.6 Å². The van der Waals surface area contributed by atoms with Gasteiger partial charge in [0.2, 0.25) is 5.91 Å². The van der Waals surface area contributed by atoms with Crippen molar-refractivity contribution in [2.24, 2.45) is 0 Å². The zero-order chi connectivity index (χ0) is 33.3. The summed E-state index contributed by atoms with van der Waals surface area (Å²) in [5.74, 6) is -1.04. The number of esters is 1. The third kappa shape index (κ3) is 8.49. The maximum atomic E-state index is 13.5. The molecule has 1 atom stereocenters. The Kier molecular flexibility index (Phi) is 11.1. The Balaban J connectivity index is 1.30. The zero-order valence-corrected chi connectivity index (χ0v) is 27.9. The molecule has 3 amide bonds. The SMILES string of the molecule is COC(=O)c1c(NC(=O)C(C)Sc2cccc(NC(=O)/C(=C/c3cccc(OC)c3)NC(=O)c3ccccc3)c2)sc2c1CCCC2. The first-order valence-electron chi connectivity index (χ1n) is 15.1. The zero-order valence-electron chi connectivity index (χ0n) is 26.3. The third-order valence-corrected chi connectivity index (χ3v) is 9.81. The summed E-state index contributed by atoms with van der Waals surface area (Å²) in [7, 11) is 2.90. The molecular formula is C36H35N3O6S2. The molecule has 0 saturated carbocycles. The van der Waals surface area contributed by atoms with Gasteiger partial charge in [-0.3, -0.25) is 14.4 Å². The van der Waals surface area contributed by atoms with Crippen molar-refractivity contribution in [2.45, 2.75) is 42.8 Å². The van der Waals surface area contributed by atoms with Crippen molar-refractivity contribution in [1.29, 1.82) is 0 Å². The molecular weight excluding hydrogens is 635 g/mol. The van der Waals surface area contributed by atoms with Gasteiger partial charge in [0, 0.05) is 21.0 Å². The number of benzene rings is 3. The fourth-order valence-corrected chi connectivity index (χ4v) is 7.34. The topological polar surface area (TPSA) is 123 Å². The van der Waals surface area contributed by atoms with E-state index in [4.69, 9.17) is 9.47 Å². The molecule has 0 saturated heterocycles. The molecule has 3 aromatic carbocycles. The first-order valence-corrected chi connectivity index (χ1v) is 16.8. The lowest BCUT2D eigenvalue weighted by Gasteiger charge is -2.14. The molecule has 1 heterocycles. The van der Waals surface area contributed by atoms with E-state index in [1.54, 1.807) is 92.9 Å². The predicted molar refractivity (Wildman–Crippen MR) is 186 cm³/mol. The average Bonchev–Trinajstić information content (AvgIpc) is 3.45. The summed E-state index contributed by atoms with van der Waals surface area (Å²) in [6, 6.07) is 22.9. The summed E-state index contributed by atoms with van der Waals surface area (Å²) in [6.45, 7) is 1.78. The van der Waals surface area contributed by atoms with Crippen LogP contribution in [-0.2, 0) is 27.2 Å². The summed E-state index contributed by atoms with van der Waals surface area (Å²) in [4.78, 5) is 54.3. The highest BCUT2D eigenvalue weighted by Gasteiger charge is 2.28. The number of amides is 3. The Labute approximate surface area is 281 Å². The van der Waals surface area contributed by atoms with Crippen LogP contribution in [0, 0.1) is 0 Å². The molecule has 4 aromatic rings. The minimum atomic E-state index is -0.526. The van der Waals surface area contributed by atoms with Gasteiger partial charge in [0.1, 0.15) is 16.4 Å². The van der Waals surface area contributed by atoms with Crippen LogP contribution >= 0.6 is 23.1 Å². The normalized spacial score (nSPS) is 13.1. The van der Waals surface area contributed by atoms with E-state index in [-0.39, 0.29) is 11.6 Å². The number of thiophene rings is 1.